The Morgan fingerprint density at radius 3 is 2.55 bits per heavy atom. The Kier molecular flexibility index (Phi) is 3.52. The van der Waals surface area contributed by atoms with E-state index in [1.54, 1.807) is 0 Å². The monoisotopic (exact) mass is 266 g/mol. The highest BCUT2D eigenvalue weighted by molar-refractivity contribution is 5.40. The van der Waals surface area contributed by atoms with E-state index in [4.69, 9.17) is 0 Å². The molecule has 2 heterocycles. The smallest absolute Gasteiger partial charge is 0.137 e. The molecule has 0 saturated carbocycles. The number of nitrogens with zero attached hydrogens (tertiary/aromatic N) is 2. The van der Waals surface area contributed by atoms with Crippen molar-refractivity contribution in [3.05, 3.63) is 71.7 Å². The van der Waals surface area contributed by atoms with E-state index in [1.165, 1.54) is 5.56 Å². The maximum atomic E-state index is 10.3. The molecule has 3 rings (SSSR count). The van der Waals surface area contributed by atoms with Crippen molar-refractivity contribution in [3.8, 4) is 0 Å². The van der Waals surface area contributed by atoms with Gasteiger partial charge in [0.1, 0.15) is 11.8 Å². The molecule has 20 heavy (non-hydrogen) atoms. The lowest BCUT2D eigenvalue weighted by Gasteiger charge is -2.08. The van der Waals surface area contributed by atoms with Gasteiger partial charge >= 0.3 is 0 Å². The van der Waals surface area contributed by atoms with Gasteiger partial charge in [-0.3, -0.25) is 0 Å². The molecule has 0 aliphatic carbocycles. The molecule has 1 atom stereocenters. The Hall–Kier alpha value is -2.13. The van der Waals surface area contributed by atoms with Crippen LogP contribution in [0.5, 0.6) is 0 Å². The SMILES string of the molecule is CCc1ccc(CC(O)c2cn3ccccc3n2)cc1. The number of aromatic nitrogens is 2. The molecule has 0 amide bonds. The summed E-state index contributed by atoms with van der Waals surface area (Å²) in [6, 6.07) is 14.2. The number of pyridine rings is 1. The minimum Gasteiger partial charge on any atom is -0.386 e. The van der Waals surface area contributed by atoms with E-state index in [2.05, 4.69) is 36.2 Å². The number of aliphatic hydroxyl groups is 1. The number of imidazole rings is 1. The van der Waals surface area contributed by atoms with E-state index in [9.17, 15) is 5.11 Å². The van der Waals surface area contributed by atoms with Crippen LogP contribution >= 0.6 is 0 Å². The maximum absolute atomic E-state index is 10.3. The predicted molar refractivity (Wildman–Crippen MR) is 79.7 cm³/mol. The summed E-state index contributed by atoms with van der Waals surface area (Å²) in [5, 5.41) is 10.3. The quantitative estimate of drug-likeness (QED) is 0.787. The number of fused-ring (bicyclic) bond motifs is 1. The number of hydrogen-bond donors (Lipinski definition) is 1. The van der Waals surface area contributed by atoms with E-state index < -0.39 is 6.10 Å². The normalized spacial score (nSPS) is 12.7. The Morgan fingerprint density at radius 1 is 1.10 bits per heavy atom. The van der Waals surface area contributed by atoms with Crippen molar-refractivity contribution >= 4 is 5.65 Å². The Morgan fingerprint density at radius 2 is 1.85 bits per heavy atom. The fourth-order valence-electron chi connectivity index (χ4n) is 2.35. The third-order valence-electron chi connectivity index (χ3n) is 3.58. The summed E-state index contributed by atoms with van der Waals surface area (Å²) in [7, 11) is 0. The third kappa shape index (κ3) is 2.58. The molecular weight excluding hydrogens is 248 g/mol. The van der Waals surface area contributed by atoms with Gasteiger partial charge in [-0.25, -0.2) is 4.98 Å². The average Bonchev–Trinajstić information content (AvgIpc) is 2.92. The molecule has 0 aliphatic heterocycles. The molecule has 1 aromatic carbocycles. The van der Waals surface area contributed by atoms with Crippen molar-refractivity contribution in [2.24, 2.45) is 0 Å². The van der Waals surface area contributed by atoms with E-state index >= 15 is 0 Å². The van der Waals surface area contributed by atoms with Crippen molar-refractivity contribution in [3.63, 3.8) is 0 Å². The predicted octanol–water partition coefficient (Wildman–Crippen LogP) is 3.17. The van der Waals surface area contributed by atoms with Gasteiger partial charge in [-0.1, -0.05) is 37.3 Å². The van der Waals surface area contributed by atoms with Crippen LogP contribution < -0.4 is 0 Å². The zero-order chi connectivity index (χ0) is 13.9. The fourth-order valence-corrected chi connectivity index (χ4v) is 2.35. The molecule has 102 valence electrons. The van der Waals surface area contributed by atoms with Gasteiger partial charge in [-0.15, -0.1) is 0 Å². The molecule has 1 unspecified atom stereocenters. The molecule has 0 bridgehead atoms. The topological polar surface area (TPSA) is 37.5 Å². The van der Waals surface area contributed by atoms with Crippen LogP contribution in [-0.4, -0.2) is 14.5 Å². The Balaban J connectivity index is 1.79. The average molecular weight is 266 g/mol. The van der Waals surface area contributed by atoms with Gasteiger partial charge in [-0.05, 0) is 29.7 Å². The van der Waals surface area contributed by atoms with Gasteiger partial charge in [0.15, 0.2) is 0 Å². The first-order chi connectivity index (χ1) is 9.76. The number of aliphatic hydroxyl groups excluding tert-OH is 1. The van der Waals surface area contributed by atoms with Crippen LogP contribution in [0.4, 0.5) is 0 Å². The zero-order valence-electron chi connectivity index (χ0n) is 11.5. The first-order valence-corrected chi connectivity index (χ1v) is 6.96. The van der Waals surface area contributed by atoms with Gasteiger partial charge in [0.25, 0.3) is 0 Å². The van der Waals surface area contributed by atoms with E-state index in [-0.39, 0.29) is 0 Å². The van der Waals surface area contributed by atoms with Gasteiger partial charge < -0.3 is 9.51 Å². The van der Waals surface area contributed by atoms with E-state index in [0.717, 1.165) is 23.3 Å². The van der Waals surface area contributed by atoms with Crippen LogP contribution in [0, 0.1) is 0 Å². The van der Waals surface area contributed by atoms with Crippen LogP contribution in [-0.2, 0) is 12.8 Å². The number of benzene rings is 1. The van der Waals surface area contributed by atoms with Crippen molar-refractivity contribution in [1.82, 2.24) is 9.38 Å². The highest BCUT2D eigenvalue weighted by Crippen LogP contribution is 2.18. The summed E-state index contributed by atoms with van der Waals surface area (Å²) in [6.07, 6.45) is 4.89. The largest absolute Gasteiger partial charge is 0.386 e. The van der Waals surface area contributed by atoms with Crippen molar-refractivity contribution in [2.75, 3.05) is 0 Å². The summed E-state index contributed by atoms with van der Waals surface area (Å²) in [5.41, 5.74) is 4.03. The second-order valence-corrected chi connectivity index (χ2v) is 5.02. The molecule has 3 nitrogen and oxygen atoms in total. The molecule has 0 fully saturated rings. The second-order valence-electron chi connectivity index (χ2n) is 5.02. The lowest BCUT2D eigenvalue weighted by atomic mass is 10.0. The molecule has 1 N–H and O–H groups in total. The Labute approximate surface area is 118 Å². The molecular formula is C17H18N2O. The molecule has 2 aromatic heterocycles. The van der Waals surface area contributed by atoms with Crippen molar-refractivity contribution in [1.29, 1.82) is 0 Å². The van der Waals surface area contributed by atoms with Crippen LogP contribution in [0.3, 0.4) is 0 Å². The Bertz CT molecular complexity index is 667. The fraction of sp³-hybridized carbons (Fsp3) is 0.235. The lowest BCUT2D eigenvalue weighted by Crippen LogP contribution is -2.02. The first kappa shape index (κ1) is 12.9. The molecule has 3 heteroatoms. The van der Waals surface area contributed by atoms with E-state index in [1.807, 2.05) is 35.0 Å². The number of hydrogen-bond acceptors (Lipinski definition) is 2. The van der Waals surface area contributed by atoms with Crippen molar-refractivity contribution < 1.29 is 5.11 Å². The van der Waals surface area contributed by atoms with Crippen molar-refractivity contribution in [2.45, 2.75) is 25.9 Å². The highest BCUT2D eigenvalue weighted by atomic mass is 16.3. The second kappa shape index (κ2) is 5.47. The summed E-state index contributed by atoms with van der Waals surface area (Å²) in [5.74, 6) is 0. The highest BCUT2D eigenvalue weighted by Gasteiger charge is 2.12. The standard InChI is InChI=1S/C17H18N2O/c1-2-13-6-8-14(9-7-13)11-16(20)15-12-19-10-4-3-5-17(19)18-15/h3-10,12,16,20H,2,11H2,1H3. The van der Waals surface area contributed by atoms with Gasteiger partial charge in [-0.2, -0.15) is 0 Å². The zero-order valence-corrected chi connectivity index (χ0v) is 11.5. The van der Waals surface area contributed by atoms with Crippen LogP contribution in [0.25, 0.3) is 5.65 Å². The summed E-state index contributed by atoms with van der Waals surface area (Å²) in [6.45, 7) is 2.14. The third-order valence-corrected chi connectivity index (χ3v) is 3.58. The molecule has 3 aromatic rings. The van der Waals surface area contributed by atoms with Gasteiger partial charge in [0, 0.05) is 18.8 Å². The molecule has 0 radical (unpaired) electrons. The van der Waals surface area contributed by atoms with Gasteiger partial charge in [0.05, 0.1) is 5.69 Å². The molecule has 0 saturated heterocycles. The number of aryl methyl sites for hydroxylation is 1. The van der Waals surface area contributed by atoms with Crippen LogP contribution in [0.15, 0.2) is 54.9 Å². The summed E-state index contributed by atoms with van der Waals surface area (Å²) >= 11 is 0. The lowest BCUT2D eigenvalue weighted by molar-refractivity contribution is 0.174. The number of rotatable bonds is 4. The minimum atomic E-state index is -0.567. The maximum Gasteiger partial charge on any atom is 0.137 e. The first-order valence-electron chi connectivity index (χ1n) is 6.96. The summed E-state index contributed by atoms with van der Waals surface area (Å²) < 4.78 is 1.93. The van der Waals surface area contributed by atoms with Crippen LogP contribution in [0.2, 0.25) is 0 Å². The van der Waals surface area contributed by atoms with Gasteiger partial charge in [0.2, 0.25) is 0 Å². The summed E-state index contributed by atoms with van der Waals surface area (Å²) in [4.78, 5) is 4.46. The van der Waals surface area contributed by atoms with Crippen LogP contribution in [0.1, 0.15) is 29.8 Å². The molecule has 0 spiro atoms. The minimum absolute atomic E-state index is 0.567. The molecule has 0 aliphatic rings. The van der Waals surface area contributed by atoms with E-state index in [0.29, 0.717) is 6.42 Å².